The fourth-order valence-electron chi connectivity index (χ4n) is 1.87. The second-order valence-electron chi connectivity index (χ2n) is 4.21. The van der Waals surface area contributed by atoms with Gasteiger partial charge in [-0.25, -0.2) is 0 Å². The van der Waals surface area contributed by atoms with E-state index in [9.17, 15) is 9.00 Å². The van der Waals surface area contributed by atoms with E-state index in [0.717, 1.165) is 5.56 Å². The molecule has 0 bridgehead atoms. The number of rotatable bonds is 2. The summed E-state index contributed by atoms with van der Waals surface area (Å²) >= 11 is 0. The smallest absolute Gasteiger partial charge is 0.227 e. The molecular weight excluding hydrogens is 248 g/mol. The molecule has 1 aliphatic rings. The van der Waals surface area contributed by atoms with Gasteiger partial charge < -0.3 is 4.90 Å². The molecule has 1 amide bonds. The molecule has 0 radical (unpaired) electrons. The second kappa shape index (κ2) is 5.78. The Hall–Kier alpha value is -1.67. The van der Waals surface area contributed by atoms with Crippen LogP contribution in [0.1, 0.15) is 11.1 Å². The first-order valence-electron chi connectivity index (χ1n) is 5.81. The van der Waals surface area contributed by atoms with Crippen LogP contribution in [0.15, 0.2) is 24.3 Å². The van der Waals surface area contributed by atoms with Crippen molar-refractivity contribution in [3.05, 3.63) is 35.4 Å². The van der Waals surface area contributed by atoms with Crippen LogP contribution < -0.4 is 0 Å². The Morgan fingerprint density at radius 3 is 2.44 bits per heavy atom. The maximum atomic E-state index is 12.0. The van der Waals surface area contributed by atoms with Gasteiger partial charge in [0.05, 0.1) is 18.1 Å². The minimum Gasteiger partial charge on any atom is -0.341 e. The summed E-state index contributed by atoms with van der Waals surface area (Å²) in [6.07, 6.45) is 0.346. The van der Waals surface area contributed by atoms with Crippen LogP contribution in [0, 0.1) is 11.3 Å². The van der Waals surface area contributed by atoms with Gasteiger partial charge in [0.2, 0.25) is 5.91 Å². The Kier molecular flexibility index (Phi) is 4.11. The largest absolute Gasteiger partial charge is 0.341 e. The zero-order valence-corrected chi connectivity index (χ0v) is 10.8. The standard InChI is InChI=1S/C13H14N2O2S/c14-10-12-3-1-11(2-4-12)9-13(16)15-5-7-18(17)8-6-15/h1-4H,5-9H2. The van der Waals surface area contributed by atoms with Gasteiger partial charge in [0.25, 0.3) is 0 Å². The lowest BCUT2D eigenvalue weighted by Gasteiger charge is -2.26. The Bertz CT molecular complexity index is 495. The first-order valence-corrected chi connectivity index (χ1v) is 7.29. The molecular formula is C13H14N2O2S. The van der Waals surface area contributed by atoms with E-state index < -0.39 is 10.8 Å². The molecule has 0 aliphatic carbocycles. The van der Waals surface area contributed by atoms with Crippen LogP contribution >= 0.6 is 0 Å². The fourth-order valence-corrected chi connectivity index (χ4v) is 2.92. The molecule has 1 aromatic carbocycles. The van der Waals surface area contributed by atoms with Crippen LogP contribution in [-0.4, -0.2) is 39.6 Å². The van der Waals surface area contributed by atoms with E-state index in [0.29, 0.717) is 36.6 Å². The molecule has 4 nitrogen and oxygen atoms in total. The van der Waals surface area contributed by atoms with E-state index in [4.69, 9.17) is 5.26 Å². The van der Waals surface area contributed by atoms with Crippen LogP contribution in [0.3, 0.4) is 0 Å². The first kappa shape index (κ1) is 12.8. The van der Waals surface area contributed by atoms with E-state index >= 15 is 0 Å². The van der Waals surface area contributed by atoms with Gasteiger partial charge in [-0.3, -0.25) is 9.00 Å². The molecule has 1 aliphatic heterocycles. The Labute approximate surface area is 109 Å². The predicted octanol–water partition coefficient (Wildman–Crippen LogP) is 0.692. The van der Waals surface area contributed by atoms with Crippen molar-refractivity contribution in [2.24, 2.45) is 0 Å². The molecule has 0 spiro atoms. The van der Waals surface area contributed by atoms with Crippen LogP contribution in [0.2, 0.25) is 0 Å². The van der Waals surface area contributed by atoms with Crippen LogP contribution in [0.4, 0.5) is 0 Å². The zero-order valence-electron chi connectivity index (χ0n) is 9.96. The molecule has 94 valence electrons. The summed E-state index contributed by atoms with van der Waals surface area (Å²) in [5.74, 6) is 1.23. The highest BCUT2D eigenvalue weighted by atomic mass is 32.2. The summed E-state index contributed by atoms with van der Waals surface area (Å²) in [7, 11) is -0.758. The second-order valence-corrected chi connectivity index (χ2v) is 5.91. The van der Waals surface area contributed by atoms with E-state index in [1.54, 1.807) is 29.2 Å². The third kappa shape index (κ3) is 3.17. The van der Waals surface area contributed by atoms with Gasteiger partial charge in [-0.15, -0.1) is 0 Å². The van der Waals surface area contributed by atoms with Gasteiger partial charge in [-0.2, -0.15) is 5.26 Å². The number of hydrogen-bond acceptors (Lipinski definition) is 3. The van der Waals surface area contributed by atoms with E-state index in [-0.39, 0.29) is 5.91 Å². The lowest BCUT2D eigenvalue weighted by Crippen LogP contribution is -2.42. The minimum absolute atomic E-state index is 0.0661. The van der Waals surface area contributed by atoms with Crippen molar-refractivity contribution in [2.75, 3.05) is 24.6 Å². The van der Waals surface area contributed by atoms with Crippen molar-refractivity contribution in [3.8, 4) is 6.07 Å². The Balaban J connectivity index is 1.94. The molecule has 0 atom stereocenters. The normalized spacial score (nSPS) is 16.3. The summed E-state index contributed by atoms with van der Waals surface area (Å²) in [6, 6.07) is 9.09. The van der Waals surface area contributed by atoms with Crippen LogP contribution in [0.25, 0.3) is 0 Å². The summed E-state index contributed by atoms with van der Waals surface area (Å²) < 4.78 is 11.2. The van der Waals surface area contributed by atoms with E-state index in [1.807, 2.05) is 6.07 Å². The number of amides is 1. The molecule has 5 heteroatoms. The van der Waals surface area contributed by atoms with Crippen molar-refractivity contribution in [2.45, 2.75) is 6.42 Å². The predicted molar refractivity (Wildman–Crippen MR) is 69.3 cm³/mol. The lowest BCUT2D eigenvalue weighted by atomic mass is 10.1. The molecule has 1 fully saturated rings. The van der Waals surface area contributed by atoms with E-state index in [2.05, 4.69) is 0 Å². The van der Waals surface area contributed by atoms with Gasteiger partial charge in [0.15, 0.2) is 0 Å². The van der Waals surface area contributed by atoms with Gasteiger partial charge >= 0.3 is 0 Å². The van der Waals surface area contributed by atoms with Crippen molar-refractivity contribution in [1.82, 2.24) is 4.90 Å². The van der Waals surface area contributed by atoms with Gasteiger partial charge in [0.1, 0.15) is 0 Å². The SMILES string of the molecule is N#Cc1ccc(CC(=O)N2CCS(=O)CC2)cc1. The molecule has 2 rings (SSSR count). The number of benzene rings is 1. The number of carbonyl (C=O) groups is 1. The average Bonchev–Trinajstić information content (AvgIpc) is 2.40. The molecule has 1 saturated heterocycles. The Morgan fingerprint density at radius 2 is 1.89 bits per heavy atom. The zero-order chi connectivity index (χ0) is 13.0. The average molecular weight is 262 g/mol. The number of hydrogen-bond donors (Lipinski definition) is 0. The highest BCUT2D eigenvalue weighted by molar-refractivity contribution is 7.85. The molecule has 1 heterocycles. The molecule has 0 saturated carbocycles. The number of nitriles is 1. The molecule has 18 heavy (non-hydrogen) atoms. The third-order valence-corrected chi connectivity index (χ3v) is 4.24. The molecule has 0 aromatic heterocycles. The minimum atomic E-state index is -0.758. The van der Waals surface area contributed by atoms with Crippen molar-refractivity contribution < 1.29 is 9.00 Å². The highest BCUT2D eigenvalue weighted by Gasteiger charge is 2.19. The summed E-state index contributed by atoms with van der Waals surface area (Å²) in [5.41, 5.74) is 1.50. The third-order valence-electron chi connectivity index (χ3n) is 2.97. The lowest BCUT2D eigenvalue weighted by molar-refractivity contribution is -0.130. The summed E-state index contributed by atoms with van der Waals surface area (Å²) in [6.45, 7) is 1.17. The van der Waals surface area contributed by atoms with Crippen LogP contribution in [-0.2, 0) is 22.0 Å². The summed E-state index contributed by atoms with van der Waals surface area (Å²) in [4.78, 5) is 13.8. The summed E-state index contributed by atoms with van der Waals surface area (Å²) in [5, 5.41) is 8.69. The van der Waals surface area contributed by atoms with E-state index in [1.165, 1.54) is 0 Å². The van der Waals surface area contributed by atoms with Crippen molar-refractivity contribution in [1.29, 1.82) is 5.26 Å². The monoisotopic (exact) mass is 262 g/mol. The topological polar surface area (TPSA) is 61.2 Å². The maximum absolute atomic E-state index is 12.0. The van der Waals surface area contributed by atoms with Gasteiger partial charge in [0, 0.05) is 35.4 Å². The highest BCUT2D eigenvalue weighted by Crippen LogP contribution is 2.08. The van der Waals surface area contributed by atoms with Crippen LogP contribution in [0.5, 0.6) is 0 Å². The number of carbonyl (C=O) groups excluding carboxylic acids is 1. The van der Waals surface area contributed by atoms with Gasteiger partial charge in [-0.1, -0.05) is 12.1 Å². The maximum Gasteiger partial charge on any atom is 0.227 e. The molecule has 0 unspecified atom stereocenters. The quantitative estimate of drug-likeness (QED) is 0.788. The first-order chi connectivity index (χ1) is 8.69. The van der Waals surface area contributed by atoms with Crippen molar-refractivity contribution in [3.63, 3.8) is 0 Å². The van der Waals surface area contributed by atoms with Gasteiger partial charge in [-0.05, 0) is 17.7 Å². The number of nitrogens with zero attached hydrogens (tertiary/aromatic N) is 2. The molecule has 1 aromatic rings. The Morgan fingerprint density at radius 1 is 1.28 bits per heavy atom. The fraction of sp³-hybridized carbons (Fsp3) is 0.385. The van der Waals surface area contributed by atoms with Crippen molar-refractivity contribution >= 4 is 16.7 Å². The molecule has 0 N–H and O–H groups in total.